The fraction of sp³-hybridized carbons (Fsp3) is 0. The van der Waals surface area contributed by atoms with Crippen LogP contribution in [0.1, 0.15) is 0 Å². The Kier molecular flexibility index (Phi) is 7.42. The molecule has 184 valence electrons. The van der Waals surface area contributed by atoms with Gasteiger partial charge in [0.2, 0.25) is 46.5 Å². The van der Waals surface area contributed by atoms with E-state index in [0.29, 0.717) is 0 Å². The van der Waals surface area contributed by atoms with E-state index in [1.807, 2.05) is 0 Å². The molecule has 2 rings (SSSR count). The SMILES string of the molecule is Fc1c(F)c(F)c(F)c(F)c2c(F)c(F)c(F)c(F)c(F)c(F)c(F)c(F)c2c(F)c(F)c1F. The van der Waals surface area contributed by atoms with Crippen molar-refractivity contribution in [3.05, 3.63) is 93.1 Å². The zero-order chi connectivity index (χ0) is 26.4. The minimum Gasteiger partial charge on any atom is -0.203 e. The van der Waals surface area contributed by atoms with Gasteiger partial charge in [0.15, 0.2) is 46.5 Å². The summed E-state index contributed by atoms with van der Waals surface area (Å²) in [6.07, 6.45) is 0. The summed E-state index contributed by atoms with van der Waals surface area (Å²) >= 11 is 0. The zero-order valence-electron chi connectivity index (χ0n) is 15.0. The molecule has 0 aromatic heterocycles. The maximum atomic E-state index is 14.4. The summed E-state index contributed by atoms with van der Waals surface area (Å²) in [5.74, 6) is -56.8. The Balaban J connectivity index is 3.83. The second-order valence-electron chi connectivity index (χ2n) is 5.77. The van der Waals surface area contributed by atoms with Gasteiger partial charge < -0.3 is 0 Å². The van der Waals surface area contributed by atoms with Crippen molar-refractivity contribution in [3.8, 4) is 0 Å². The van der Waals surface area contributed by atoms with Gasteiger partial charge in [-0.15, -0.1) is 0 Å². The number of hydrogen-bond donors (Lipinski definition) is 0. The highest BCUT2D eigenvalue weighted by Crippen LogP contribution is 2.31. The Morgan fingerprint density at radius 1 is 0.147 bits per heavy atom. The summed E-state index contributed by atoms with van der Waals surface area (Å²) in [5.41, 5.74) is 0. The van der Waals surface area contributed by atoms with Crippen LogP contribution in [0.3, 0.4) is 0 Å². The van der Waals surface area contributed by atoms with Crippen molar-refractivity contribution < 1.29 is 70.2 Å². The van der Waals surface area contributed by atoms with Crippen molar-refractivity contribution in [1.82, 2.24) is 0 Å². The minimum atomic E-state index is -3.62. The van der Waals surface area contributed by atoms with Crippen LogP contribution in [-0.2, 0) is 0 Å². The average Bonchev–Trinajstić information content (AvgIpc) is 2.83. The third kappa shape index (κ3) is 4.11. The second kappa shape index (κ2) is 9.42. The topological polar surface area (TPSA) is 0 Å². The van der Waals surface area contributed by atoms with Crippen LogP contribution in [0.4, 0.5) is 70.2 Å². The maximum absolute atomic E-state index is 14.4. The molecule has 2 aromatic rings. The van der Waals surface area contributed by atoms with E-state index in [1.54, 1.807) is 0 Å². The van der Waals surface area contributed by atoms with Crippen LogP contribution in [0.2, 0.25) is 0 Å². The van der Waals surface area contributed by atoms with Crippen LogP contribution in [0, 0.1) is 93.1 Å². The lowest BCUT2D eigenvalue weighted by molar-refractivity contribution is 0.358. The van der Waals surface area contributed by atoms with Crippen LogP contribution in [-0.4, -0.2) is 0 Å². The van der Waals surface area contributed by atoms with Gasteiger partial charge in [0.1, 0.15) is 0 Å². The van der Waals surface area contributed by atoms with Crippen LogP contribution in [0.15, 0.2) is 0 Å². The lowest BCUT2D eigenvalue weighted by Crippen LogP contribution is -2.05. The van der Waals surface area contributed by atoms with Crippen molar-refractivity contribution in [2.24, 2.45) is 0 Å². The molecule has 34 heavy (non-hydrogen) atoms. The van der Waals surface area contributed by atoms with Crippen LogP contribution >= 0.6 is 0 Å². The summed E-state index contributed by atoms with van der Waals surface area (Å²) < 4.78 is 221. The molecule has 0 fully saturated rings. The largest absolute Gasteiger partial charge is 0.203 e. The molecule has 2 aromatic carbocycles. The summed E-state index contributed by atoms with van der Waals surface area (Å²) in [4.78, 5) is 0. The van der Waals surface area contributed by atoms with E-state index in [1.165, 1.54) is 0 Å². The fourth-order valence-electron chi connectivity index (χ4n) is 2.23. The van der Waals surface area contributed by atoms with Gasteiger partial charge >= 0.3 is 0 Å². The molecule has 0 saturated heterocycles. The van der Waals surface area contributed by atoms with E-state index in [9.17, 15) is 70.2 Å². The van der Waals surface area contributed by atoms with Crippen LogP contribution in [0.5, 0.6) is 0 Å². The zero-order valence-corrected chi connectivity index (χ0v) is 15.0. The molecule has 0 radical (unpaired) electrons. The highest BCUT2D eigenvalue weighted by Gasteiger charge is 2.30. The van der Waals surface area contributed by atoms with Gasteiger partial charge in [-0.2, -0.15) is 0 Å². The van der Waals surface area contributed by atoms with Crippen molar-refractivity contribution in [3.63, 3.8) is 0 Å². The number of fused-ring (bicyclic) bond motifs is 1. The first-order valence-corrected chi connectivity index (χ1v) is 7.77. The van der Waals surface area contributed by atoms with Crippen LogP contribution in [0.25, 0.3) is 10.8 Å². The molecule has 0 nitrogen and oxygen atoms in total. The normalized spacial score (nSPS) is 10.9. The van der Waals surface area contributed by atoms with E-state index in [0.717, 1.165) is 0 Å². The van der Waals surface area contributed by atoms with Gasteiger partial charge in [-0.05, 0) is 0 Å². The molecular formula is C18F16. The predicted molar refractivity (Wildman–Crippen MR) is 78.5 cm³/mol. The fourth-order valence-corrected chi connectivity index (χ4v) is 2.23. The molecule has 0 aliphatic rings. The second-order valence-corrected chi connectivity index (χ2v) is 5.77. The summed E-state index contributed by atoms with van der Waals surface area (Å²) in [5, 5.41) is -6.60. The summed E-state index contributed by atoms with van der Waals surface area (Å²) in [6.45, 7) is 0. The van der Waals surface area contributed by atoms with E-state index in [-0.39, 0.29) is 0 Å². The molecule has 0 saturated carbocycles. The van der Waals surface area contributed by atoms with Crippen molar-refractivity contribution in [1.29, 1.82) is 0 Å². The van der Waals surface area contributed by atoms with Gasteiger partial charge in [-0.1, -0.05) is 0 Å². The monoisotopic (exact) mass is 520 g/mol. The summed E-state index contributed by atoms with van der Waals surface area (Å²) in [7, 11) is 0. The third-order valence-electron chi connectivity index (χ3n) is 3.83. The van der Waals surface area contributed by atoms with E-state index < -0.39 is 104 Å². The van der Waals surface area contributed by atoms with Gasteiger partial charge in [0, 0.05) is 0 Å². The standard InChI is InChI=1S/C18F16/c19-3-1-2(5(21)9(25)13(29)17(33)15(31)11(27)7(3)23)6(22)10(26)14(30)18(34)16(32)12(28)8(24)4(1)20. The van der Waals surface area contributed by atoms with Gasteiger partial charge in [-0.3, -0.25) is 0 Å². The molecular weight excluding hydrogens is 520 g/mol. The average molecular weight is 520 g/mol. The molecule has 0 aliphatic heterocycles. The number of rotatable bonds is 0. The molecule has 0 atom stereocenters. The Morgan fingerprint density at radius 3 is 0.353 bits per heavy atom. The Morgan fingerprint density at radius 2 is 0.235 bits per heavy atom. The van der Waals surface area contributed by atoms with Gasteiger partial charge in [0.25, 0.3) is 0 Å². The number of halogens is 16. The lowest BCUT2D eigenvalue weighted by Gasteiger charge is -2.05. The summed E-state index contributed by atoms with van der Waals surface area (Å²) in [6, 6.07) is 0. The van der Waals surface area contributed by atoms with Gasteiger partial charge in [-0.25, -0.2) is 70.2 Å². The smallest absolute Gasteiger partial charge is 0.200 e. The highest BCUT2D eigenvalue weighted by molar-refractivity contribution is 5.83. The quantitative estimate of drug-likeness (QED) is 0.320. The minimum absolute atomic E-state index is 3.30. The molecule has 0 heterocycles. The first-order valence-electron chi connectivity index (χ1n) is 7.77. The molecule has 16 heteroatoms. The van der Waals surface area contributed by atoms with E-state index in [4.69, 9.17) is 0 Å². The number of hydrogen-bond acceptors (Lipinski definition) is 0. The third-order valence-corrected chi connectivity index (χ3v) is 3.83. The molecule has 0 amide bonds. The Hall–Kier alpha value is -3.46. The predicted octanol–water partition coefficient (Wildman–Crippen LogP) is 7.31. The van der Waals surface area contributed by atoms with Gasteiger partial charge in [0.05, 0.1) is 10.8 Å². The maximum Gasteiger partial charge on any atom is 0.200 e. The first kappa shape index (κ1) is 26.8. The molecule has 0 bridgehead atoms. The lowest BCUT2D eigenvalue weighted by atomic mass is 10.1. The van der Waals surface area contributed by atoms with Crippen molar-refractivity contribution in [2.75, 3.05) is 0 Å². The molecule has 0 spiro atoms. The molecule has 0 N–H and O–H groups in total. The Labute approximate surface area is 175 Å². The van der Waals surface area contributed by atoms with Crippen molar-refractivity contribution in [2.45, 2.75) is 0 Å². The van der Waals surface area contributed by atoms with E-state index >= 15 is 0 Å². The van der Waals surface area contributed by atoms with E-state index in [2.05, 4.69) is 0 Å². The van der Waals surface area contributed by atoms with Crippen LogP contribution < -0.4 is 0 Å². The molecule has 0 unspecified atom stereocenters. The van der Waals surface area contributed by atoms with Crippen molar-refractivity contribution >= 4 is 10.8 Å². The first-order chi connectivity index (χ1) is 15.6. The highest BCUT2D eigenvalue weighted by atomic mass is 19.2. The molecule has 0 aliphatic carbocycles. The Bertz CT molecular complexity index is 1160.